The summed E-state index contributed by atoms with van der Waals surface area (Å²) >= 11 is 5.37. The van der Waals surface area contributed by atoms with E-state index in [2.05, 4.69) is 29.5 Å². The standard InChI is InChI=1S/C13H15N3S/c1-3-10(4-2)16-11-7-5-6-9(8-14)12(11)15-13(16)17/h5-7,10H,3-4H2,1-2H3,(H,15,17). The van der Waals surface area contributed by atoms with Crippen molar-refractivity contribution in [2.75, 3.05) is 0 Å². The molecule has 0 saturated heterocycles. The van der Waals surface area contributed by atoms with Crippen molar-refractivity contribution in [3.05, 3.63) is 28.5 Å². The highest BCUT2D eigenvalue weighted by molar-refractivity contribution is 7.71. The van der Waals surface area contributed by atoms with Gasteiger partial charge >= 0.3 is 0 Å². The third-order valence-electron chi connectivity index (χ3n) is 3.18. The molecule has 1 N–H and O–H groups in total. The summed E-state index contributed by atoms with van der Waals surface area (Å²) in [5.41, 5.74) is 2.54. The third-order valence-corrected chi connectivity index (χ3v) is 3.48. The van der Waals surface area contributed by atoms with Crippen LogP contribution in [-0.2, 0) is 0 Å². The first kappa shape index (κ1) is 11.9. The van der Waals surface area contributed by atoms with E-state index in [4.69, 9.17) is 17.5 Å². The molecule has 0 radical (unpaired) electrons. The van der Waals surface area contributed by atoms with E-state index in [9.17, 15) is 0 Å². The van der Waals surface area contributed by atoms with Crippen molar-refractivity contribution in [1.29, 1.82) is 5.26 Å². The van der Waals surface area contributed by atoms with Gasteiger partial charge in [-0.3, -0.25) is 0 Å². The van der Waals surface area contributed by atoms with Crippen molar-refractivity contribution < 1.29 is 0 Å². The van der Waals surface area contributed by atoms with Gasteiger partial charge < -0.3 is 9.55 Å². The molecule has 1 aromatic heterocycles. The number of hydrogen-bond acceptors (Lipinski definition) is 2. The Kier molecular flexibility index (Phi) is 3.30. The molecule has 17 heavy (non-hydrogen) atoms. The number of hydrogen-bond donors (Lipinski definition) is 1. The Hall–Kier alpha value is -1.60. The summed E-state index contributed by atoms with van der Waals surface area (Å²) < 4.78 is 2.84. The number of H-pyrrole nitrogens is 1. The Balaban J connectivity index is 2.78. The molecule has 0 atom stereocenters. The summed E-state index contributed by atoms with van der Waals surface area (Å²) in [7, 11) is 0. The first-order valence-corrected chi connectivity index (χ1v) is 6.27. The summed E-state index contributed by atoms with van der Waals surface area (Å²) in [6.45, 7) is 4.31. The second-order valence-electron chi connectivity index (χ2n) is 4.08. The van der Waals surface area contributed by atoms with E-state index in [-0.39, 0.29) is 0 Å². The fourth-order valence-corrected chi connectivity index (χ4v) is 2.61. The summed E-state index contributed by atoms with van der Waals surface area (Å²) in [6, 6.07) is 8.32. The number of imidazole rings is 1. The van der Waals surface area contributed by atoms with E-state index >= 15 is 0 Å². The van der Waals surface area contributed by atoms with Gasteiger partial charge in [-0.2, -0.15) is 5.26 Å². The maximum Gasteiger partial charge on any atom is 0.178 e. The van der Waals surface area contributed by atoms with E-state index in [1.54, 1.807) is 0 Å². The highest BCUT2D eigenvalue weighted by atomic mass is 32.1. The maximum absolute atomic E-state index is 9.08. The van der Waals surface area contributed by atoms with Crippen LogP contribution in [0.5, 0.6) is 0 Å². The molecular weight excluding hydrogens is 230 g/mol. The Bertz CT molecular complexity index is 626. The lowest BCUT2D eigenvalue weighted by molar-refractivity contribution is 0.478. The molecule has 0 fully saturated rings. The van der Waals surface area contributed by atoms with Crippen LogP contribution in [0.15, 0.2) is 18.2 Å². The molecule has 0 aliphatic carbocycles. The molecule has 88 valence electrons. The molecular formula is C13H15N3S. The second kappa shape index (κ2) is 4.72. The molecule has 0 spiro atoms. The van der Waals surface area contributed by atoms with Crippen LogP contribution in [0.3, 0.4) is 0 Å². The van der Waals surface area contributed by atoms with E-state index in [1.807, 2.05) is 18.2 Å². The van der Waals surface area contributed by atoms with Crippen molar-refractivity contribution in [2.24, 2.45) is 0 Å². The Labute approximate surface area is 106 Å². The number of aromatic nitrogens is 2. The quantitative estimate of drug-likeness (QED) is 0.833. The highest BCUT2D eigenvalue weighted by Gasteiger charge is 2.13. The van der Waals surface area contributed by atoms with Crippen molar-refractivity contribution >= 4 is 23.3 Å². The zero-order valence-corrected chi connectivity index (χ0v) is 10.8. The van der Waals surface area contributed by atoms with Crippen LogP contribution in [0.25, 0.3) is 11.0 Å². The van der Waals surface area contributed by atoms with Crippen molar-refractivity contribution in [1.82, 2.24) is 9.55 Å². The minimum Gasteiger partial charge on any atom is -0.329 e. The van der Waals surface area contributed by atoms with Crippen LogP contribution >= 0.6 is 12.2 Å². The zero-order valence-electron chi connectivity index (χ0n) is 10.0. The molecule has 0 amide bonds. The number of benzene rings is 1. The van der Waals surface area contributed by atoms with E-state index in [0.29, 0.717) is 16.4 Å². The Morgan fingerprint density at radius 2 is 2.12 bits per heavy atom. The Morgan fingerprint density at radius 3 is 2.71 bits per heavy atom. The van der Waals surface area contributed by atoms with Gasteiger partial charge in [-0.15, -0.1) is 0 Å². The molecule has 0 saturated carbocycles. The summed E-state index contributed by atoms with van der Waals surface area (Å²) in [6.07, 6.45) is 2.07. The van der Waals surface area contributed by atoms with E-state index < -0.39 is 0 Å². The average Bonchev–Trinajstić information content (AvgIpc) is 2.68. The minimum absolute atomic E-state index is 0.394. The molecule has 4 heteroatoms. The number of nitrogens with zero attached hydrogens (tertiary/aromatic N) is 2. The molecule has 3 nitrogen and oxygen atoms in total. The predicted molar refractivity (Wildman–Crippen MR) is 71.5 cm³/mol. The summed E-state index contributed by atoms with van der Waals surface area (Å²) in [4.78, 5) is 3.15. The smallest absolute Gasteiger partial charge is 0.178 e. The average molecular weight is 245 g/mol. The number of rotatable bonds is 3. The monoisotopic (exact) mass is 245 g/mol. The molecule has 0 unspecified atom stereocenters. The van der Waals surface area contributed by atoms with E-state index in [1.165, 1.54) is 0 Å². The van der Waals surface area contributed by atoms with Gasteiger partial charge in [-0.1, -0.05) is 19.9 Å². The molecule has 0 aliphatic heterocycles. The minimum atomic E-state index is 0.394. The summed E-state index contributed by atoms with van der Waals surface area (Å²) in [5, 5.41) is 9.08. The first-order valence-electron chi connectivity index (χ1n) is 5.86. The number of nitrogens with one attached hydrogen (secondary N) is 1. The largest absolute Gasteiger partial charge is 0.329 e. The lowest BCUT2D eigenvalue weighted by Crippen LogP contribution is -2.06. The fraction of sp³-hybridized carbons (Fsp3) is 0.385. The molecule has 1 aromatic carbocycles. The highest BCUT2D eigenvalue weighted by Crippen LogP contribution is 2.25. The predicted octanol–water partition coefficient (Wildman–Crippen LogP) is 3.93. The first-order chi connectivity index (χ1) is 8.22. The lowest BCUT2D eigenvalue weighted by atomic mass is 10.1. The molecule has 2 rings (SSSR count). The number of nitriles is 1. The van der Waals surface area contributed by atoms with Crippen LogP contribution in [0, 0.1) is 16.1 Å². The van der Waals surface area contributed by atoms with Crippen LogP contribution in [0.2, 0.25) is 0 Å². The van der Waals surface area contributed by atoms with Crippen LogP contribution < -0.4 is 0 Å². The fourth-order valence-electron chi connectivity index (χ4n) is 2.26. The Morgan fingerprint density at radius 1 is 1.41 bits per heavy atom. The second-order valence-corrected chi connectivity index (χ2v) is 4.47. The number of fused-ring (bicyclic) bond motifs is 1. The molecule has 1 heterocycles. The topological polar surface area (TPSA) is 44.5 Å². The van der Waals surface area contributed by atoms with Crippen molar-refractivity contribution in [3.8, 4) is 6.07 Å². The van der Waals surface area contributed by atoms with Gasteiger partial charge in [0.1, 0.15) is 6.07 Å². The maximum atomic E-state index is 9.08. The normalized spacial score (nSPS) is 10.9. The SMILES string of the molecule is CCC(CC)n1c(=S)[nH]c2c(C#N)cccc21. The summed E-state index contributed by atoms with van der Waals surface area (Å²) in [5.74, 6) is 0. The van der Waals surface area contributed by atoms with Crippen LogP contribution in [0.1, 0.15) is 38.3 Å². The van der Waals surface area contributed by atoms with Crippen LogP contribution in [0.4, 0.5) is 0 Å². The zero-order chi connectivity index (χ0) is 12.4. The van der Waals surface area contributed by atoms with E-state index in [0.717, 1.165) is 23.9 Å². The molecule has 2 aromatic rings. The van der Waals surface area contributed by atoms with Gasteiger partial charge in [-0.25, -0.2) is 0 Å². The van der Waals surface area contributed by atoms with Gasteiger partial charge in [0.05, 0.1) is 16.6 Å². The van der Waals surface area contributed by atoms with Gasteiger partial charge in [-0.05, 0) is 37.2 Å². The van der Waals surface area contributed by atoms with Crippen LogP contribution in [-0.4, -0.2) is 9.55 Å². The lowest BCUT2D eigenvalue weighted by Gasteiger charge is -2.15. The molecule has 0 aliphatic rings. The number of para-hydroxylation sites is 1. The van der Waals surface area contributed by atoms with Crippen molar-refractivity contribution in [2.45, 2.75) is 32.7 Å². The van der Waals surface area contributed by atoms with Gasteiger partial charge in [0.15, 0.2) is 4.77 Å². The molecule has 0 bridgehead atoms. The number of aromatic amines is 1. The van der Waals surface area contributed by atoms with Gasteiger partial charge in [0.2, 0.25) is 0 Å². The van der Waals surface area contributed by atoms with Gasteiger partial charge in [0.25, 0.3) is 0 Å². The van der Waals surface area contributed by atoms with Crippen molar-refractivity contribution in [3.63, 3.8) is 0 Å². The van der Waals surface area contributed by atoms with Gasteiger partial charge in [0, 0.05) is 6.04 Å². The third kappa shape index (κ3) is 1.87.